The third-order valence-corrected chi connectivity index (χ3v) is 5.81. The highest BCUT2D eigenvalue weighted by Crippen LogP contribution is 2.34. The van der Waals surface area contributed by atoms with Crippen LogP contribution in [0.15, 0.2) is 48.5 Å². The zero-order chi connectivity index (χ0) is 18.9. The van der Waals surface area contributed by atoms with Crippen molar-refractivity contribution in [1.29, 1.82) is 0 Å². The third-order valence-electron chi connectivity index (χ3n) is 4.37. The van der Waals surface area contributed by atoms with Crippen molar-refractivity contribution in [2.24, 2.45) is 0 Å². The van der Waals surface area contributed by atoms with Crippen LogP contribution in [0.3, 0.4) is 0 Å². The second-order valence-corrected chi connectivity index (χ2v) is 9.26. The quantitative estimate of drug-likeness (QED) is 0.492. The van der Waals surface area contributed by atoms with Gasteiger partial charge in [-0.1, -0.05) is 48.5 Å². The molecule has 0 saturated carbocycles. The molecule has 3 aromatic carbocycles. The molecule has 0 radical (unpaired) electrons. The van der Waals surface area contributed by atoms with Crippen LogP contribution in [0.5, 0.6) is 0 Å². The van der Waals surface area contributed by atoms with Gasteiger partial charge >= 0.3 is 0 Å². The highest BCUT2D eigenvalue weighted by Gasteiger charge is 2.17. The molecule has 8 heteroatoms. The van der Waals surface area contributed by atoms with Gasteiger partial charge in [-0.3, -0.25) is 9.11 Å². The van der Waals surface area contributed by atoms with E-state index in [-0.39, 0.29) is 12.8 Å². The molecule has 2 N–H and O–H groups in total. The van der Waals surface area contributed by atoms with Crippen molar-refractivity contribution in [3.8, 4) is 0 Å². The van der Waals surface area contributed by atoms with Gasteiger partial charge in [-0.15, -0.1) is 0 Å². The van der Waals surface area contributed by atoms with Crippen LogP contribution in [0.1, 0.15) is 11.1 Å². The first-order chi connectivity index (χ1) is 12.2. The van der Waals surface area contributed by atoms with Gasteiger partial charge in [0.25, 0.3) is 20.2 Å². The van der Waals surface area contributed by atoms with Crippen molar-refractivity contribution in [2.75, 3.05) is 11.5 Å². The lowest BCUT2D eigenvalue weighted by atomic mass is 9.90. The molecule has 0 aromatic heterocycles. The fraction of sp³-hybridized carbons (Fsp3) is 0.222. The average molecular weight is 394 g/mol. The summed E-state index contributed by atoms with van der Waals surface area (Å²) in [6.07, 6.45) is 0.275. The number of fused-ring (bicyclic) bond motifs is 2. The summed E-state index contributed by atoms with van der Waals surface area (Å²) in [6.45, 7) is 0. The summed E-state index contributed by atoms with van der Waals surface area (Å²) >= 11 is 0. The van der Waals surface area contributed by atoms with Crippen molar-refractivity contribution in [2.45, 2.75) is 12.8 Å². The predicted molar refractivity (Wildman–Crippen MR) is 102 cm³/mol. The molecule has 0 spiro atoms. The Labute approximate surface area is 152 Å². The fourth-order valence-electron chi connectivity index (χ4n) is 3.31. The van der Waals surface area contributed by atoms with Gasteiger partial charge < -0.3 is 0 Å². The van der Waals surface area contributed by atoms with Crippen LogP contribution in [0.2, 0.25) is 0 Å². The van der Waals surface area contributed by atoms with Crippen LogP contribution >= 0.6 is 0 Å². The summed E-state index contributed by atoms with van der Waals surface area (Å²) in [5.74, 6) is -0.795. The smallest absolute Gasteiger partial charge is 0.265 e. The Balaban J connectivity index is 2.28. The van der Waals surface area contributed by atoms with Gasteiger partial charge in [-0.2, -0.15) is 16.8 Å². The first kappa shape index (κ1) is 18.8. The number of benzene rings is 3. The molecule has 0 fully saturated rings. The molecule has 6 nitrogen and oxygen atoms in total. The largest absolute Gasteiger partial charge is 0.286 e. The maximum atomic E-state index is 11.2. The van der Waals surface area contributed by atoms with E-state index in [0.29, 0.717) is 0 Å². The second-order valence-electron chi connectivity index (χ2n) is 6.12. The minimum Gasteiger partial charge on any atom is -0.286 e. The highest BCUT2D eigenvalue weighted by atomic mass is 32.2. The minimum absolute atomic E-state index is 0.137. The van der Waals surface area contributed by atoms with Crippen molar-refractivity contribution in [1.82, 2.24) is 0 Å². The zero-order valence-electron chi connectivity index (χ0n) is 13.8. The van der Waals surface area contributed by atoms with Gasteiger partial charge in [0.05, 0.1) is 11.5 Å². The average Bonchev–Trinajstić information content (AvgIpc) is 2.56. The molecule has 3 rings (SSSR count). The second kappa shape index (κ2) is 6.96. The number of rotatable bonds is 6. The van der Waals surface area contributed by atoms with Gasteiger partial charge in [0, 0.05) is 0 Å². The lowest BCUT2D eigenvalue weighted by Crippen LogP contribution is -2.10. The molecule has 138 valence electrons. The van der Waals surface area contributed by atoms with E-state index in [1.165, 1.54) is 0 Å². The molecule has 0 saturated heterocycles. The van der Waals surface area contributed by atoms with Crippen molar-refractivity contribution >= 4 is 41.8 Å². The van der Waals surface area contributed by atoms with Crippen molar-refractivity contribution in [3.63, 3.8) is 0 Å². The first-order valence-electron chi connectivity index (χ1n) is 7.97. The summed E-state index contributed by atoms with van der Waals surface area (Å²) in [5.41, 5.74) is 1.56. The van der Waals surface area contributed by atoms with Crippen LogP contribution < -0.4 is 0 Å². The summed E-state index contributed by atoms with van der Waals surface area (Å²) in [7, 11) is -8.22. The van der Waals surface area contributed by atoms with Gasteiger partial charge in [-0.05, 0) is 45.5 Å². The molecule has 0 aliphatic heterocycles. The topological polar surface area (TPSA) is 109 Å². The molecular formula is C18H18O6S2. The molecule has 0 atom stereocenters. The van der Waals surface area contributed by atoms with Crippen LogP contribution in [-0.4, -0.2) is 37.4 Å². The van der Waals surface area contributed by atoms with E-state index >= 15 is 0 Å². The number of aryl methyl sites for hydroxylation is 2. The maximum Gasteiger partial charge on any atom is 0.265 e. The van der Waals surface area contributed by atoms with E-state index in [2.05, 4.69) is 0 Å². The Morgan fingerprint density at radius 3 is 1.08 bits per heavy atom. The molecule has 0 unspecified atom stereocenters. The fourth-order valence-corrected chi connectivity index (χ4v) is 4.23. The van der Waals surface area contributed by atoms with Crippen molar-refractivity contribution < 1.29 is 25.9 Å². The number of hydrogen-bond acceptors (Lipinski definition) is 4. The minimum atomic E-state index is -4.11. The van der Waals surface area contributed by atoms with Gasteiger partial charge in [0.15, 0.2) is 0 Å². The third kappa shape index (κ3) is 4.21. The SMILES string of the molecule is O=S(=O)(O)CCc1c2ccccc2c(CCS(=O)(=O)O)c2ccccc12. The summed E-state index contributed by atoms with van der Waals surface area (Å²) in [4.78, 5) is 0. The normalized spacial score (nSPS) is 12.7. The Kier molecular flexibility index (Phi) is 5.03. The molecule has 0 aliphatic carbocycles. The van der Waals surface area contributed by atoms with E-state index in [1.807, 2.05) is 48.5 Å². The van der Waals surface area contributed by atoms with Gasteiger partial charge in [0.2, 0.25) is 0 Å². The van der Waals surface area contributed by atoms with Crippen molar-refractivity contribution in [3.05, 3.63) is 59.7 Å². The van der Waals surface area contributed by atoms with Crippen LogP contribution in [0.25, 0.3) is 21.5 Å². The first-order valence-corrected chi connectivity index (χ1v) is 11.2. The molecule has 0 amide bonds. The van der Waals surface area contributed by atoms with E-state index in [1.54, 1.807) is 0 Å². The molecular weight excluding hydrogens is 376 g/mol. The van der Waals surface area contributed by atoms with E-state index in [4.69, 9.17) is 9.11 Å². The summed E-state index contributed by atoms with van der Waals surface area (Å²) < 4.78 is 63.1. The zero-order valence-corrected chi connectivity index (χ0v) is 15.4. The Bertz CT molecular complexity index is 1030. The lowest BCUT2D eigenvalue weighted by molar-refractivity contribution is 0.480. The summed E-state index contributed by atoms with van der Waals surface area (Å²) in [6, 6.07) is 14.7. The van der Waals surface area contributed by atoms with Crippen LogP contribution in [0.4, 0.5) is 0 Å². The maximum absolute atomic E-state index is 11.2. The molecule has 3 aromatic rings. The standard InChI is InChI=1S/C18H18O6S2/c19-25(20,21)11-9-17-13-5-1-2-6-14(13)18(10-12-26(22,23)24)16-8-4-3-7-15(16)17/h1-8H,9-12H2,(H,19,20,21)(H,22,23,24). The Hall–Kier alpha value is -2.00. The molecule has 0 bridgehead atoms. The molecule has 0 aliphatic rings. The van der Waals surface area contributed by atoms with Crippen LogP contribution in [0, 0.1) is 0 Å². The predicted octanol–water partition coefficient (Wildman–Crippen LogP) is 2.85. The monoisotopic (exact) mass is 394 g/mol. The van der Waals surface area contributed by atoms with Gasteiger partial charge in [-0.25, -0.2) is 0 Å². The van der Waals surface area contributed by atoms with E-state index in [0.717, 1.165) is 32.7 Å². The highest BCUT2D eigenvalue weighted by molar-refractivity contribution is 7.86. The Morgan fingerprint density at radius 2 is 0.846 bits per heavy atom. The molecule has 0 heterocycles. The Morgan fingerprint density at radius 1 is 0.577 bits per heavy atom. The summed E-state index contributed by atoms with van der Waals surface area (Å²) in [5, 5.41) is 3.22. The lowest BCUT2D eigenvalue weighted by Gasteiger charge is -2.16. The molecule has 26 heavy (non-hydrogen) atoms. The van der Waals surface area contributed by atoms with E-state index < -0.39 is 31.7 Å². The van der Waals surface area contributed by atoms with E-state index in [9.17, 15) is 16.8 Å². The number of hydrogen-bond donors (Lipinski definition) is 2. The van der Waals surface area contributed by atoms with Crippen LogP contribution in [-0.2, 0) is 33.1 Å². The van der Waals surface area contributed by atoms with Gasteiger partial charge in [0.1, 0.15) is 0 Å².